The second-order valence-corrected chi connectivity index (χ2v) is 3.92. The SMILES string of the molecule is C#CCCNCCOc1ccc(Br)cc1. The molecule has 0 atom stereocenters. The summed E-state index contributed by atoms with van der Waals surface area (Å²) in [6.07, 6.45) is 5.88. The smallest absolute Gasteiger partial charge is 0.119 e. The van der Waals surface area contributed by atoms with Crippen molar-refractivity contribution in [1.82, 2.24) is 5.32 Å². The van der Waals surface area contributed by atoms with Gasteiger partial charge in [0.1, 0.15) is 12.4 Å². The first kappa shape index (κ1) is 12.1. The lowest BCUT2D eigenvalue weighted by molar-refractivity contribution is 0.315. The Morgan fingerprint density at radius 3 is 2.67 bits per heavy atom. The molecule has 0 aliphatic rings. The van der Waals surface area contributed by atoms with Gasteiger partial charge in [-0.1, -0.05) is 15.9 Å². The molecule has 0 spiro atoms. The van der Waals surface area contributed by atoms with E-state index in [0.29, 0.717) is 6.61 Å². The maximum Gasteiger partial charge on any atom is 0.119 e. The molecule has 0 aliphatic carbocycles. The fourth-order valence-electron chi connectivity index (χ4n) is 1.06. The molecule has 1 rings (SSSR count). The van der Waals surface area contributed by atoms with Crippen LogP contribution in [0.4, 0.5) is 0 Å². The summed E-state index contributed by atoms with van der Waals surface area (Å²) in [7, 11) is 0. The summed E-state index contributed by atoms with van der Waals surface area (Å²) in [6.45, 7) is 2.32. The molecular weight excluding hydrogens is 254 g/mol. The highest BCUT2D eigenvalue weighted by Crippen LogP contribution is 2.15. The predicted molar refractivity (Wildman–Crippen MR) is 66.0 cm³/mol. The van der Waals surface area contributed by atoms with E-state index in [4.69, 9.17) is 11.2 Å². The van der Waals surface area contributed by atoms with E-state index < -0.39 is 0 Å². The second-order valence-electron chi connectivity index (χ2n) is 3.01. The summed E-state index contributed by atoms with van der Waals surface area (Å²) in [5, 5.41) is 3.19. The monoisotopic (exact) mass is 267 g/mol. The van der Waals surface area contributed by atoms with Crippen molar-refractivity contribution >= 4 is 15.9 Å². The predicted octanol–water partition coefficient (Wildman–Crippen LogP) is 2.44. The minimum absolute atomic E-state index is 0.659. The molecule has 0 unspecified atom stereocenters. The van der Waals surface area contributed by atoms with Crippen molar-refractivity contribution in [2.24, 2.45) is 0 Å². The van der Waals surface area contributed by atoms with Crippen molar-refractivity contribution in [3.05, 3.63) is 28.7 Å². The summed E-state index contributed by atoms with van der Waals surface area (Å²) >= 11 is 3.37. The molecule has 15 heavy (non-hydrogen) atoms. The number of terminal acetylenes is 1. The molecule has 0 amide bonds. The number of ether oxygens (including phenoxy) is 1. The van der Waals surface area contributed by atoms with Gasteiger partial charge in [0.2, 0.25) is 0 Å². The lowest BCUT2D eigenvalue weighted by atomic mass is 10.3. The lowest BCUT2D eigenvalue weighted by Gasteiger charge is -2.06. The van der Waals surface area contributed by atoms with Crippen LogP contribution >= 0.6 is 15.9 Å². The molecule has 0 fully saturated rings. The van der Waals surface area contributed by atoms with Crippen LogP contribution in [-0.2, 0) is 0 Å². The van der Waals surface area contributed by atoms with Gasteiger partial charge in [-0.25, -0.2) is 0 Å². The zero-order chi connectivity index (χ0) is 10.9. The molecule has 3 heteroatoms. The van der Waals surface area contributed by atoms with Gasteiger partial charge in [-0.05, 0) is 24.3 Å². The van der Waals surface area contributed by atoms with Crippen LogP contribution in [0.25, 0.3) is 0 Å². The molecule has 0 heterocycles. The van der Waals surface area contributed by atoms with Gasteiger partial charge >= 0.3 is 0 Å². The number of benzene rings is 1. The standard InChI is InChI=1S/C12H14BrNO/c1-2-3-8-14-9-10-15-12-6-4-11(13)5-7-12/h1,4-7,14H,3,8-10H2. The maximum atomic E-state index is 5.51. The molecular formula is C12H14BrNO. The van der Waals surface area contributed by atoms with E-state index in [1.165, 1.54) is 0 Å². The summed E-state index contributed by atoms with van der Waals surface area (Å²) in [5.74, 6) is 3.46. The average Bonchev–Trinajstić information content (AvgIpc) is 2.26. The fourth-order valence-corrected chi connectivity index (χ4v) is 1.32. The molecule has 1 aromatic rings. The molecule has 0 bridgehead atoms. The highest BCUT2D eigenvalue weighted by molar-refractivity contribution is 9.10. The topological polar surface area (TPSA) is 21.3 Å². The van der Waals surface area contributed by atoms with Gasteiger partial charge in [0.15, 0.2) is 0 Å². The van der Waals surface area contributed by atoms with Gasteiger partial charge in [0, 0.05) is 24.0 Å². The summed E-state index contributed by atoms with van der Waals surface area (Å²) in [5.41, 5.74) is 0. The number of hydrogen-bond acceptors (Lipinski definition) is 2. The average molecular weight is 268 g/mol. The Morgan fingerprint density at radius 1 is 1.27 bits per heavy atom. The molecule has 0 radical (unpaired) electrons. The van der Waals surface area contributed by atoms with E-state index in [2.05, 4.69) is 27.2 Å². The molecule has 0 saturated heterocycles. The van der Waals surface area contributed by atoms with Crippen LogP contribution < -0.4 is 10.1 Å². The maximum absolute atomic E-state index is 5.51. The Balaban J connectivity index is 2.10. The van der Waals surface area contributed by atoms with E-state index in [0.717, 1.165) is 29.7 Å². The van der Waals surface area contributed by atoms with Crippen molar-refractivity contribution in [3.63, 3.8) is 0 Å². The van der Waals surface area contributed by atoms with Gasteiger partial charge < -0.3 is 10.1 Å². The number of rotatable bonds is 6. The Bertz CT molecular complexity index is 315. The van der Waals surface area contributed by atoms with Crippen LogP contribution in [0, 0.1) is 12.3 Å². The van der Waals surface area contributed by atoms with Crippen molar-refractivity contribution < 1.29 is 4.74 Å². The molecule has 0 aliphatic heterocycles. The second kappa shape index (κ2) is 7.33. The van der Waals surface area contributed by atoms with E-state index in [1.54, 1.807) is 0 Å². The Morgan fingerprint density at radius 2 is 2.00 bits per heavy atom. The normalized spacial score (nSPS) is 9.60. The number of halogens is 1. The van der Waals surface area contributed by atoms with E-state index in [9.17, 15) is 0 Å². The summed E-state index contributed by atoms with van der Waals surface area (Å²) in [4.78, 5) is 0. The van der Waals surface area contributed by atoms with Gasteiger partial charge in [-0.15, -0.1) is 12.3 Å². The number of hydrogen-bond donors (Lipinski definition) is 1. The quantitative estimate of drug-likeness (QED) is 0.632. The van der Waals surface area contributed by atoms with Crippen LogP contribution in [0.1, 0.15) is 6.42 Å². The third-order valence-electron chi connectivity index (χ3n) is 1.81. The Kier molecular flexibility index (Phi) is 5.91. The minimum atomic E-state index is 0.659. The lowest BCUT2D eigenvalue weighted by Crippen LogP contribution is -2.21. The van der Waals surface area contributed by atoms with Gasteiger partial charge in [0.25, 0.3) is 0 Å². The molecule has 1 N–H and O–H groups in total. The van der Waals surface area contributed by atoms with Crippen LogP contribution in [0.15, 0.2) is 28.7 Å². The minimum Gasteiger partial charge on any atom is -0.492 e. The van der Waals surface area contributed by atoms with E-state index in [-0.39, 0.29) is 0 Å². The molecule has 0 saturated carbocycles. The van der Waals surface area contributed by atoms with Crippen molar-refractivity contribution in [2.45, 2.75) is 6.42 Å². The number of nitrogens with one attached hydrogen (secondary N) is 1. The molecule has 1 aromatic carbocycles. The Labute approximate surface area is 99.2 Å². The third-order valence-corrected chi connectivity index (χ3v) is 2.34. The zero-order valence-electron chi connectivity index (χ0n) is 8.50. The van der Waals surface area contributed by atoms with Crippen LogP contribution in [0.2, 0.25) is 0 Å². The summed E-state index contributed by atoms with van der Waals surface area (Å²) < 4.78 is 6.56. The van der Waals surface area contributed by atoms with E-state index >= 15 is 0 Å². The van der Waals surface area contributed by atoms with Crippen LogP contribution in [0.3, 0.4) is 0 Å². The van der Waals surface area contributed by atoms with Crippen molar-refractivity contribution in [3.8, 4) is 18.1 Å². The van der Waals surface area contributed by atoms with Crippen molar-refractivity contribution in [1.29, 1.82) is 0 Å². The highest BCUT2D eigenvalue weighted by atomic mass is 79.9. The zero-order valence-corrected chi connectivity index (χ0v) is 10.1. The van der Waals surface area contributed by atoms with Crippen LogP contribution in [-0.4, -0.2) is 19.7 Å². The summed E-state index contributed by atoms with van der Waals surface area (Å²) in [6, 6.07) is 7.79. The van der Waals surface area contributed by atoms with Crippen LogP contribution in [0.5, 0.6) is 5.75 Å². The largest absolute Gasteiger partial charge is 0.492 e. The fraction of sp³-hybridized carbons (Fsp3) is 0.333. The molecule has 0 aromatic heterocycles. The first-order valence-electron chi connectivity index (χ1n) is 4.85. The highest BCUT2D eigenvalue weighted by Gasteiger charge is 1.92. The van der Waals surface area contributed by atoms with Gasteiger partial charge in [-0.2, -0.15) is 0 Å². The van der Waals surface area contributed by atoms with E-state index in [1.807, 2.05) is 24.3 Å². The van der Waals surface area contributed by atoms with Crippen molar-refractivity contribution in [2.75, 3.05) is 19.7 Å². The molecule has 2 nitrogen and oxygen atoms in total. The molecule has 80 valence electrons. The third kappa shape index (κ3) is 5.46. The first-order chi connectivity index (χ1) is 7.33. The van der Waals surface area contributed by atoms with Gasteiger partial charge in [0.05, 0.1) is 0 Å². The van der Waals surface area contributed by atoms with Gasteiger partial charge in [-0.3, -0.25) is 0 Å². The first-order valence-corrected chi connectivity index (χ1v) is 5.65. The Hall–Kier alpha value is -0.980.